The molecule has 0 aromatic carbocycles. The van der Waals surface area contributed by atoms with Crippen molar-refractivity contribution >= 4 is 11.6 Å². The Kier molecular flexibility index (Phi) is 3.69. The Bertz CT molecular complexity index is 487. The third-order valence-electron chi connectivity index (χ3n) is 3.35. The number of carbonyl (C=O) groups is 1. The highest BCUT2D eigenvalue weighted by atomic mass is 16.2. The van der Waals surface area contributed by atoms with Gasteiger partial charge in [-0.15, -0.1) is 0 Å². The molecule has 0 atom stereocenters. The van der Waals surface area contributed by atoms with Crippen LogP contribution >= 0.6 is 0 Å². The number of amides is 1. The molecule has 3 N–H and O–H groups in total. The summed E-state index contributed by atoms with van der Waals surface area (Å²) in [5, 5.41) is 7.04. The van der Waals surface area contributed by atoms with Gasteiger partial charge in [0.15, 0.2) is 0 Å². The molecule has 1 heterocycles. The Morgan fingerprint density at radius 1 is 1.61 bits per heavy atom. The van der Waals surface area contributed by atoms with Gasteiger partial charge < -0.3 is 11.1 Å². The van der Waals surface area contributed by atoms with Crippen LogP contribution in [0.3, 0.4) is 0 Å². The van der Waals surface area contributed by atoms with Crippen LogP contribution in [0.5, 0.6) is 0 Å². The maximum Gasteiger partial charge on any atom is 0.271 e. The molecule has 0 unspecified atom stereocenters. The van der Waals surface area contributed by atoms with E-state index in [1.807, 2.05) is 0 Å². The predicted molar refractivity (Wildman–Crippen MR) is 71.2 cm³/mol. The Hall–Kier alpha value is -1.78. The third kappa shape index (κ3) is 2.55. The number of hydrogen-bond donors (Lipinski definition) is 2. The van der Waals surface area contributed by atoms with Gasteiger partial charge in [0.1, 0.15) is 5.69 Å². The fourth-order valence-electron chi connectivity index (χ4n) is 2.33. The van der Waals surface area contributed by atoms with Crippen molar-refractivity contribution in [2.75, 3.05) is 12.3 Å². The van der Waals surface area contributed by atoms with Crippen molar-refractivity contribution in [3.05, 3.63) is 23.0 Å². The molecule has 0 saturated carbocycles. The van der Waals surface area contributed by atoms with Crippen molar-refractivity contribution in [3.63, 3.8) is 0 Å². The highest BCUT2D eigenvalue weighted by Crippen LogP contribution is 2.20. The van der Waals surface area contributed by atoms with Gasteiger partial charge in [0.25, 0.3) is 5.91 Å². The van der Waals surface area contributed by atoms with Crippen LogP contribution in [-0.4, -0.2) is 22.2 Å². The van der Waals surface area contributed by atoms with E-state index in [1.165, 1.54) is 29.5 Å². The van der Waals surface area contributed by atoms with Crippen LogP contribution in [0.15, 0.2) is 11.6 Å². The topological polar surface area (TPSA) is 72.9 Å². The van der Waals surface area contributed by atoms with Gasteiger partial charge in [-0.1, -0.05) is 11.6 Å². The van der Waals surface area contributed by atoms with Crippen LogP contribution in [0.1, 0.15) is 41.9 Å². The molecule has 1 aromatic heterocycles. The minimum Gasteiger partial charge on any atom is -0.395 e. The highest BCUT2D eigenvalue weighted by Gasteiger charge is 2.17. The second-order valence-corrected chi connectivity index (χ2v) is 4.73. The number of nitrogens with one attached hydrogen (secondary N) is 1. The number of nitrogens with two attached hydrogens (primary N) is 1. The summed E-state index contributed by atoms with van der Waals surface area (Å²) < 4.78 is 1.54. The minimum absolute atomic E-state index is 0.144. The summed E-state index contributed by atoms with van der Waals surface area (Å²) in [5.74, 6) is -0.144. The molecule has 2 rings (SSSR count). The summed E-state index contributed by atoms with van der Waals surface area (Å²) in [6.45, 7) is 2.46. The van der Waals surface area contributed by atoms with Crippen molar-refractivity contribution < 1.29 is 4.79 Å². The number of carbonyl (C=O) groups excluding carboxylic acids is 1. The molecular weight excluding hydrogens is 228 g/mol. The van der Waals surface area contributed by atoms with Gasteiger partial charge in [-0.2, -0.15) is 5.10 Å². The smallest absolute Gasteiger partial charge is 0.271 e. The first-order valence-electron chi connectivity index (χ1n) is 6.34. The number of allylic oxidation sites excluding steroid dienone is 1. The molecule has 0 fully saturated rings. The summed E-state index contributed by atoms with van der Waals surface area (Å²) >= 11 is 0. The normalized spacial score (nSPS) is 14.7. The van der Waals surface area contributed by atoms with Crippen LogP contribution in [0, 0.1) is 6.92 Å². The summed E-state index contributed by atoms with van der Waals surface area (Å²) in [6, 6.07) is 0. The Morgan fingerprint density at radius 3 is 2.94 bits per heavy atom. The van der Waals surface area contributed by atoms with Crippen LogP contribution in [0.4, 0.5) is 5.69 Å². The standard InChI is InChI=1S/C13H20N4O/c1-9-11(14)12(17(2)16-9)13(18)15-8-7-10-5-3-4-6-10/h5H,3-4,6-8,14H2,1-2H3,(H,15,18). The second-order valence-electron chi connectivity index (χ2n) is 4.73. The first-order valence-corrected chi connectivity index (χ1v) is 6.34. The zero-order valence-electron chi connectivity index (χ0n) is 11.0. The molecule has 0 aliphatic heterocycles. The molecule has 1 amide bonds. The van der Waals surface area contributed by atoms with Crippen LogP contribution in [0.25, 0.3) is 0 Å². The third-order valence-corrected chi connectivity index (χ3v) is 3.35. The van der Waals surface area contributed by atoms with Gasteiger partial charge in [0, 0.05) is 13.6 Å². The van der Waals surface area contributed by atoms with E-state index in [2.05, 4.69) is 16.5 Å². The monoisotopic (exact) mass is 248 g/mol. The minimum atomic E-state index is -0.144. The quantitative estimate of drug-likeness (QED) is 0.794. The lowest BCUT2D eigenvalue weighted by molar-refractivity contribution is 0.0945. The Morgan fingerprint density at radius 2 is 2.39 bits per heavy atom. The number of hydrogen-bond acceptors (Lipinski definition) is 3. The van der Waals surface area contributed by atoms with Gasteiger partial charge in [-0.05, 0) is 32.6 Å². The number of nitrogen functional groups attached to an aromatic ring is 1. The fourth-order valence-corrected chi connectivity index (χ4v) is 2.33. The van der Waals surface area contributed by atoms with Gasteiger partial charge in [0.2, 0.25) is 0 Å². The molecule has 0 bridgehead atoms. The van der Waals surface area contributed by atoms with E-state index in [9.17, 15) is 4.79 Å². The summed E-state index contributed by atoms with van der Waals surface area (Å²) in [5.41, 5.74) is 8.91. The van der Waals surface area contributed by atoms with Crippen molar-refractivity contribution in [3.8, 4) is 0 Å². The average molecular weight is 248 g/mol. The lowest BCUT2D eigenvalue weighted by atomic mass is 10.1. The zero-order valence-corrected chi connectivity index (χ0v) is 11.0. The Balaban J connectivity index is 1.91. The number of anilines is 1. The molecule has 1 aromatic rings. The van der Waals surface area contributed by atoms with Gasteiger partial charge in [-0.3, -0.25) is 9.48 Å². The molecular formula is C13H20N4O. The molecule has 0 radical (unpaired) electrons. The van der Waals surface area contributed by atoms with E-state index in [4.69, 9.17) is 5.73 Å². The van der Waals surface area contributed by atoms with E-state index in [1.54, 1.807) is 14.0 Å². The van der Waals surface area contributed by atoms with Gasteiger partial charge in [-0.25, -0.2) is 0 Å². The van der Waals surface area contributed by atoms with Crippen molar-refractivity contribution in [2.45, 2.75) is 32.6 Å². The van der Waals surface area contributed by atoms with E-state index >= 15 is 0 Å². The van der Waals surface area contributed by atoms with Gasteiger partial charge in [0.05, 0.1) is 11.4 Å². The van der Waals surface area contributed by atoms with E-state index in [0.29, 0.717) is 23.6 Å². The number of aryl methyl sites for hydroxylation is 2. The maximum atomic E-state index is 12.0. The van der Waals surface area contributed by atoms with Crippen LogP contribution < -0.4 is 11.1 Å². The first kappa shape index (κ1) is 12.7. The maximum absolute atomic E-state index is 12.0. The number of rotatable bonds is 4. The van der Waals surface area contributed by atoms with Crippen LogP contribution in [0.2, 0.25) is 0 Å². The highest BCUT2D eigenvalue weighted by molar-refractivity contribution is 5.97. The van der Waals surface area contributed by atoms with Crippen LogP contribution in [-0.2, 0) is 7.05 Å². The lowest BCUT2D eigenvalue weighted by Gasteiger charge is -2.06. The number of nitrogens with zero attached hydrogens (tertiary/aromatic N) is 2. The second kappa shape index (κ2) is 5.25. The van der Waals surface area contributed by atoms with E-state index < -0.39 is 0 Å². The molecule has 5 heteroatoms. The van der Waals surface area contributed by atoms with Crippen molar-refractivity contribution in [1.82, 2.24) is 15.1 Å². The summed E-state index contributed by atoms with van der Waals surface area (Å²) in [6.07, 6.45) is 6.80. The van der Waals surface area contributed by atoms with Crippen molar-refractivity contribution in [1.29, 1.82) is 0 Å². The summed E-state index contributed by atoms with van der Waals surface area (Å²) in [4.78, 5) is 12.0. The number of aromatic nitrogens is 2. The lowest BCUT2D eigenvalue weighted by Crippen LogP contribution is -2.27. The van der Waals surface area contributed by atoms with E-state index in [-0.39, 0.29) is 5.91 Å². The summed E-state index contributed by atoms with van der Waals surface area (Å²) in [7, 11) is 1.73. The first-order chi connectivity index (χ1) is 8.59. The predicted octanol–water partition coefficient (Wildman–Crippen LogP) is 1.54. The molecule has 1 aliphatic rings. The van der Waals surface area contributed by atoms with E-state index in [0.717, 1.165) is 6.42 Å². The average Bonchev–Trinajstić information content (AvgIpc) is 2.89. The van der Waals surface area contributed by atoms with Gasteiger partial charge >= 0.3 is 0 Å². The molecule has 18 heavy (non-hydrogen) atoms. The molecule has 1 aliphatic carbocycles. The SMILES string of the molecule is Cc1nn(C)c(C(=O)NCCC2=CCCC2)c1N. The Labute approximate surface area is 107 Å². The van der Waals surface area contributed by atoms with Crippen molar-refractivity contribution in [2.24, 2.45) is 7.05 Å². The zero-order chi connectivity index (χ0) is 13.1. The fraction of sp³-hybridized carbons (Fsp3) is 0.538. The molecule has 0 spiro atoms. The largest absolute Gasteiger partial charge is 0.395 e. The molecule has 5 nitrogen and oxygen atoms in total. The molecule has 0 saturated heterocycles. The molecule has 98 valence electrons.